The first kappa shape index (κ1) is 14.7. The molecule has 0 unspecified atom stereocenters. The monoisotopic (exact) mass is 332 g/mol. The molecule has 3 aromatic rings. The van der Waals surface area contributed by atoms with Gasteiger partial charge < -0.3 is 16.0 Å². The molecule has 126 valence electrons. The summed E-state index contributed by atoms with van der Waals surface area (Å²) in [6.07, 6.45) is 3.06. The maximum absolute atomic E-state index is 12.6. The third-order valence-corrected chi connectivity index (χ3v) is 5.74. The Morgan fingerprint density at radius 3 is 2.64 bits per heavy atom. The van der Waals surface area contributed by atoms with Crippen LogP contribution in [-0.4, -0.2) is 28.0 Å². The molecule has 25 heavy (non-hydrogen) atoms. The number of imidazole rings is 1. The zero-order valence-corrected chi connectivity index (χ0v) is 13.9. The van der Waals surface area contributed by atoms with E-state index >= 15 is 0 Å². The van der Waals surface area contributed by atoms with Crippen molar-refractivity contribution in [3.8, 4) is 11.4 Å². The highest BCUT2D eigenvalue weighted by molar-refractivity contribution is 5.98. The fraction of sp³-hybridized carbons (Fsp3) is 0.300. The van der Waals surface area contributed by atoms with Gasteiger partial charge in [-0.05, 0) is 49.4 Å². The first-order valence-electron chi connectivity index (χ1n) is 8.68. The molecular weight excluding hydrogens is 312 g/mol. The summed E-state index contributed by atoms with van der Waals surface area (Å²) < 4.78 is 0. The first-order valence-corrected chi connectivity index (χ1v) is 8.68. The quantitative estimate of drug-likeness (QED) is 0.687. The average molecular weight is 332 g/mol. The minimum absolute atomic E-state index is 0.00536. The van der Waals surface area contributed by atoms with E-state index in [1.165, 1.54) is 0 Å². The van der Waals surface area contributed by atoms with Gasteiger partial charge in [-0.3, -0.25) is 4.79 Å². The average Bonchev–Trinajstić information content (AvgIpc) is 3.00. The smallest absolute Gasteiger partial charge is 0.251 e. The Balaban J connectivity index is 1.38. The lowest BCUT2D eigenvalue weighted by atomic mass is 9.39. The Labute approximate surface area is 145 Å². The molecule has 2 aromatic carbocycles. The molecule has 3 aliphatic rings. The number of rotatable bonds is 4. The SMILES string of the molecule is NCC12CC(NC(=O)c3ccc4nc(-c5ccccc5)[nH]c4c3)(C1)C2. The molecule has 0 aliphatic heterocycles. The number of amides is 1. The Morgan fingerprint density at radius 2 is 1.92 bits per heavy atom. The molecule has 1 amide bonds. The molecule has 2 bridgehead atoms. The minimum Gasteiger partial charge on any atom is -0.347 e. The second kappa shape index (κ2) is 4.92. The van der Waals surface area contributed by atoms with Gasteiger partial charge in [-0.25, -0.2) is 4.98 Å². The van der Waals surface area contributed by atoms with Crippen LogP contribution in [0.1, 0.15) is 29.6 Å². The Hall–Kier alpha value is -2.66. The van der Waals surface area contributed by atoms with Crippen molar-refractivity contribution in [1.29, 1.82) is 0 Å². The lowest BCUT2D eigenvalue weighted by Crippen LogP contribution is -2.76. The fourth-order valence-electron chi connectivity index (χ4n) is 4.54. The summed E-state index contributed by atoms with van der Waals surface area (Å²) in [5, 5.41) is 3.21. The number of nitrogens with zero attached hydrogens (tertiary/aromatic N) is 1. The molecule has 0 radical (unpaired) electrons. The van der Waals surface area contributed by atoms with Gasteiger partial charge in [0.1, 0.15) is 5.82 Å². The summed E-state index contributed by atoms with van der Waals surface area (Å²) in [5.41, 5.74) is 9.54. The minimum atomic E-state index is -0.0110. The molecule has 4 N–H and O–H groups in total. The van der Waals surface area contributed by atoms with Crippen molar-refractivity contribution in [1.82, 2.24) is 15.3 Å². The van der Waals surface area contributed by atoms with Crippen LogP contribution in [0.2, 0.25) is 0 Å². The van der Waals surface area contributed by atoms with Gasteiger partial charge in [0, 0.05) is 16.7 Å². The molecule has 0 spiro atoms. The number of nitrogens with one attached hydrogen (secondary N) is 2. The van der Waals surface area contributed by atoms with E-state index in [0.717, 1.165) is 48.2 Å². The van der Waals surface area contributed by atoms with Crippen molar-refractivity contribution in [3.63, 3.8) is 0 Å². The second-order valence-electron chi connectivity index (χ2n) is 7.65. The number of aromatic amines is 1. The molecule has 5 heteroatoms. The van der Waals surface area contributed by atoms with E-state index < -0.39 is 0 Å². The maximum atomic E-state index is 12.6. The van der Waals surface area contributed by atoms with Crippen LogP contribution in [0.25, 0.3) is 22.4 Å². The zero-order valence-electron chi connectivity index (χ0n) is 13.9. The molecule has 0 atom stereocenters. The van der Waals surface area contributed by atoms with E-state index in [0.29, 0.717) is 11.0 Å². The molecule has 3 saturated carbocycles. The molecular formula is C20H20N4O. The fourth-order valence-corrected chi connectivity index (χ4v) is 4.54. The lowest BCUT2D eigenvalue weighted by molar-refractivity contribution is -0.139. The van der Waals surface area contributed by atoms with Crippen LogP contribution >= 0.6 is 0 Å². The topological polar surface area (TPSA) is 83.8 Å². The van der Waals surface area contributed by atoms with Gasteiger partial charge in [0.2, 0.25) is 0 Å². The number of carbonyl (C=O) groups excluding carboxylic acids is 1. The van der Waals surface area contributed by atoms with Crippen LogP contribution < -0.4 is 11.1 Å². The number of H-pyrrole nitrogens is 1. The molecule has 6 rings (SSSR count). The van der Waals surface area contributed by atoms with Crippen LogP contribution in [0.3, 0.4) is 0 Å². The number of carbonyl (C=O) groups is 1. The molecule has 1 heterocycles. The highest BCUT2D eigenvalue weighted by Crippen LogP contribution is 2.66. The van der Waals surface area contributed by atoms with Gasteiger partial charge in [0.05, 0.1) is 11.0 Å². The van der Waals surface area contributed by atoms with E-state index in [2.05, 4.69) is 15.3 Å². The maximum Gasteiger partial charge on any atom is 0.251 e. The van der Waals surface area contributed by atoms with E-state index in [9.17, 15) is 4.79 Å². The molecule has 3 fully saturated rings. The van der Waals surface area contributed by atoms with E-state index in [-0.39, 0.29) is 11.4 Å². The van der Waals surface area contributed by atoms with Crippen LogP contribution in [0.15, 0.2) is 48.5 Å². The molecule has 5 nitrogen and oxygen atoms in total. The summed E-state index contributed by atoms with van der Waals surface area (Å²) in [7, 11) is 0. The number of hydrogen-bond donors (Lipinski definition) is 3. The van der Waals surface area contributed by atoms with E-state index in [4.69, 9.17) is 5.73 Å². The Kier molecular flexibility index (Phi) is 2.89. The third-order valence-electron chi connectivity index (χ3n) is 5.74. The van der Waals surface area contributed by atoms with Crippen molar-refractivity contribution in [2.75, 3.05) is 6.54 Å². The molecule has 1 aromatic heterocycles. The number of hydrogen-bond acceptors (Lipinski definition) is 3. The van der Waals surface area contributed by atoms with E-state index in [1.54, 1.807) is 0 Å². The lowest BCUT2D eigenvalue weighted by Gasteiger charge is -2.70. The Bertz CT molecular complexity index is 956. The molecule has 0 saturated heterocycles. The largest absolute Gasteiger partial charge is 0.347 e. The zero-order chi connectivity index (χ0) is 17.1. The van der Waals surface area contributed by atoms with Gasteiger partial charge >= 0.3 is 0 Å². The summed E-state index contributed by atoms with van der Waals surface area (Å²) in [6.45, 7) is 0.729. The summed E-state index contributed by atoms with van der Waals surface area (Å²) >= 11 is 0. The van der Waals surface area contributed by atoms with Crippen LogP contribution in [-0.2, 0) is 0 Å². The van der Waals surface area contributed by atoms with Crippen molar-refractivity contribution < 1.29 is 4.79 Å². The van der Waals surface area contributed by atoms with Crippen LogP contribution in [0.5, 0.6) is 0 Å². The predicted octanol–water partition coefficient (Wildman–Crippen LogP) is 2.84. The van der Waals surface area contributed by atoms with E-state index in [1.807, 2.05) is 48.5 Å². The molecule has 3 aliphatic carbocycles. The number of nitrogens with two attached hydrogens (primary N) is 1. The van der Waals surface area contributed by atoms with Gasteiger partial charge in [-0.1, -0.05) is 30.3 Å². The summed E-state index contributed by atoms with van der Waals surface area (Å²) in [5.74, 6) is 0.806. The predicted molar refractivity (Wildman–Crippen MR) is 97.1 cm³/mol. The standard InChI is InChI=1S/C20H20N4O/c21-12-19-9-20(10-19,11-19)24-18(25)14-6-7-15-16(8-14)23-17(22-15)13-4-2-1-3-5-13/h1-8H,9-12,21H2,(H,22,23)(H,24,25). The highest BCUT2D eigenvalue weighted by atomic mass is 16.1. The number of fused-ring (bicyclic) bond motifs is 1. The number of benzene rings is 2. The van der Waals surface area contributed by atoms with Crippen LogP contribution in [0.4, 0.5) is 0 Å². The second-order valence-corrected chi connectivity index (χ2v) is 7.65. The van der Waals surface area contributed by atoms with Gasteiger partial charge in [-0.15, -0.1) is 0 Å². The number of aromatic nitrogens is 2. The normalized spacial score (nSPS) is 26.8. The van der Waals surface area contributed by atoms with Crippen molar-refractivity contribution in [2.24, 2.45) is 11.1 Å². The van der Waals surface area contributed by atoms with Gasteiger partial charge in [0.25, 0.3) is 5.91 Å². The van der Waals surface area contributed by atoms with Crippen molar-refractivity contribution >= 4 is 16.9 Å². The third kappa shape index (κ3) is 2.19. The van der Waals surface area contributed by atoms with Crippen LogP contribution in [0, 0.1) is 5.41 Å². The first-order chi connectivity index (χ1) is 12.1. The van der Waals surface area contributed by atoms with Crippen molar-refractivity contribution in [2.45, 2.75) is 24.8 Å². The summed E-state index contributed by atoms with van der Waals surface area (Å²) in [4.78, 5) is 20.5. The van der Waals surface area contributed by atoms with Gasteiger partial charge in [-0.2, -0.15) is 0 Å². The van der Waals surface area contributed by atoms with Crippen molar-refractivity contribution in [3.05, 3.63) is 54.1 Å². The highest BCUT2D eigenvalue weighted by Gasteiger charge is 2.67. The van der Waals surface area contributed by atoms with Gasteiger partial charge in [0.15, 0.2) is 0 Å². The Morgan fingerprint density at radius 1 is 1.16 bits per heavy atom. The summed E-state index contributed by atoms with van der Waals surface area (Å²) in [6, 6.07) is 15.6.